The number of alkyl halides is 1. The summed E-state index contributed by atoms with van der Waals surface area (Å²) in [6.07, 6.45) is 0. The third-order valence-electron chi connectivity index (χ3n) is 2.83. The van der Waals surface area contributed by atoms with Crippen LogP contribution in [0.15, 0.2) is 34.8 Å². The monoisotopic (exact) mass is 436 g/mol. The van der Waals surface area contributed by atoms with Crippen molar-refractivity contribution in [2.75, 3.05) is 7.11 Å². The molecular weight excluding hydrogens is 426 g/mol. The molecule has 0 unspecified atom stereocenters. The van der Waals surface area contributed by atoms with E-state index in [1.165, 1.54) is 12.1 Å². The Bertz CT molecular complexity index is 650. The Morgan fingerprint density at radius 2 is 2.00 bits per heavy atom. The molecule has 0 aliphatic heterocycles. The van der Waals surface area contributed by atoms with Crippen LogP contribution < -0.4 is 9.47 Å². The van der Waals surface area contributed by atoms with Crippen molar-refractivity contribution in [1.82, 2.24) is 0 Å². The summed E-state index contributed by atoms with van der Waals surface area (Å²) in [5.41, 5.74) is 1.81. The molecule has 0 aliphatic carbocycles. The Morgan fingerprint density at radius 3 is 2.62 bits per heavy atom. The van der Waals surface area contributed by atoms with Crippen LogP contribution in [0.5, 0.6) is 11.5 Å². The summed E-state index contributed by atoms with van der Waals surface area (Å²) < 4.78 is 24.8. The lowest BCUT2D eigenvalue weighted by Gasteiger charge is -2.14. The highest BCUT2D eigenvalue weighted by Crippen LogP contribution is 2.37. The third-order valence-corrected chi connectivity index (χ3v) is 4.50. The number of methoxy groups -OCH3 is 1. The number of hydrogen-bond donors (Lipinski definition) is 0. The van der Waals surface area contributed by atoms with Gasteiger partial charge in [-0.2, -0.15) is 0 Å². The molecule has 0 bridgehead atoms. The van der Waals surface area contributed by atoms with Crippen molar-refractivity contribution in [1.29, 1.82) is 0 Å². The highest BCUT2D eigenvalue weighted by molar-refractivity contribution is 9.10. The second kappa shape index (κ2) is 7.47. The summed E-state index contributed by atoms with van der Waals surface area (Å²) in [4.78, 5) is 0. The molecule has 0 saturated heterocycles. The minimum atomic E-state index is -0.303. The molecule has 0 spiro atoms. The molecule has 2 nitrogen and oxygen atoms in total. The van der Waals surface area contributed by atoms with Gasteiger partial charge in [0, 0.05) is 15.4 Å². The first kappa shape index (κ1) is 16.6. The zero-order chi connectivity index (χ0) is 15.4. The Balaban J connectivity index is 2.23. The van der Waals surface area contributed by atoms with Crippen LogP contribution in [0.1, 0.15) is 11.1 Å². The molecule has 6 heteroatoms. The molecule has 0 amide bonds. The molecule has 0 atom stereocenters. The van der Waals surface area contributed by atoms with Crippen LogP contribution >= 0.6 is 43.5 Å². The third kappa shape index (κ3) is 4.11. The summed E-state index contributed by atoms with van der Waals surface area (Å²) in [6.45, 7) is 0.255. The second-order valence-electron chi connectivity index (χ2n) is 4.27. The molecule has 0 saturated carbocycles. The molecule has 2 rings (SSSR count). The van der Waals surface area contributed by atoms with Gasteiger partial charge in [-0.3, -0.25) is 0 Å². The molecule has 0 fully saturated rings. The fourth-order valence-corrected chi connectivity index (χ4v) is 2.86. The van der Waals surface area contributed by atoms with Crippen LogP contribution in [0.3, 0.4) is 0 Å². The van der Waals surface area contributed by atoms with Crippen molar-refractivity contribution in [2.45, 2.75) is 11.9 Å². The number of hydrogen-bond acceptors (Lipinski definition) is 2. The van der Waals surface area contributed by atoms with Crippen LogP contribution in [-0.2, 0) is 11.9 Å². The maximum atomic E-state index is 13.1. The van der Waals surface area contributed by atoms with Gasteiger partial charge in [0.15, 0.2) is 11.5 Å². The van der Waals surface area contributed by atoms with Crippen LogP contribution in [0.25, 0.3) is 0 Å². The summed E-state index contributed by atoms with van der Waals surface area (Å²) >= 11 is 12.9. The van der Waals surface area contributed by atoms with E-state index in [0.29, 0.717) is 26.3 Å². The molecule has 0 aromatic heterocycles. The van der Waals surface area contributed by atoms with Gasteiger partial charge in [0.25, 0.3) is 0 Å². The second-order valence-corrected chi connectivity index (χ2v) is 6.09. The van der Waals surface area contributed by atoms with Gasteiger partial charge in [0.2, 0.25) is 0 Å². The molecule has 0 radical (unpaired) electrons. The zero-order valence-electron chi connectivity index (χ0n) is 11.1. The number of rotatable bonds is 5. The molecule has 21 heavy (non-hydrogen) atoms. The Kier molecular flexibility index (Phi) is 5.90. The average molecular weight is 439 g/mol. The first-order chi connectivity index (χ1) is 10.0. The minimum absolute atomic E-state index is 0.255. The van der Waals surface area contributed by atoms with Gasteiger partial charge in [-0.25, -0.2) is 4.39 Å². The first-order valence-electron chi connectivity index (χ1n) is 6.04. The minimum Gasteiger partial charge on any atom is -0.493 e. The summed E-state index contributed by atoms with van der Waals surface area (Å²) in [5.74, 6) is 0.734. The fraction of sp³-hybridized carbons (Fsp3) is 0.200. The van der Waals surface area contributed by atoms with Crippen molar-refractivity contribution >= 4 is 43.5 Å². The van der Waals surface area contributed by atoms with E-state index in [2.05, 4.69) is 31.9 Å². The van der Waals surface area contributed by atoms with E-state index in [0.717, 1.165) is 11.1 Å². The number of benzene rings is 2. The lowest BCUT2D eigenvalue weighted by Crippen LogP contribution is -2.00. The van der Waals surface area contributed by atoms with E-state index in [-0.39, 0.29) is 12.4 Å². The van der Waals surface area contributed by atoms with Gasteiger partial charge in [-0.05, 0) is 29.8 Å². The van der Waals surface area contributed by atoms with E-state index < -0.39 is 0 Å². The van der Waals surface area contributed by atoms with Crippen molar-refractivity contribution < 1.29 is 13.9 Å². The summed E-state index contributed by atoms with van der Waals surface area (Å²) in [6, 6.07) is 8.11. The van der Waals surface area contributed by atoms with Crippen molar-refractivity contribution in [3.8, 4) is 11.5 Å². The topological polar surface area (TPSA) is 18.5 Å². The molecule has 0 N–H and O–H groups in total. The normalized spacial score (nSPS) is 10.5. The van der Waals surface area contributed by atoms with Crippen molar-refractivity contribution in [2.24, 2.45) is 0 Å². The van der Waals surface area contributed by atoms with E-state index >= 15 is 0 Å². The average Bonchev–Trinajstić information content (AvgIpc) is 2.46. The van der Waals surface area contributed by atoms with Gasteiger partial charge < -0.3 is 9.47 Å². The van der Waals surface area contributed by atoms with Gasteiger partial charge in [0.05, 0.1) is 12.1 Å². The molecule has 112 valence electrons. The van der Waals surface area contributed by atoms with E-state index in [4.69, 9.17) is 21.1 Å². The van der Waals surface area contributed by atoms with Crippen molar-refractivity contribution in [3.63, 3.8) is 0 Å². The predicted octanol–water partition coefficient (Wildman–Crippen LogP) is 5.72. The zero-order valence-corrected chi connectivity index (χ0v) is 15.1. The van der Waals surface area contributed by atoms with E-state index in [1.807, 2.05) is 12.1 Å². The molecule has 0 aliphatic rings. The van der Waals surface area contributed by atoms with E-state index in [1.54, 1.807) is 13.2 Å². The number of halogens is 4. The largest absolute Gasteiger partial charge is 0.493 e. The quantitative estimate of drug-likeness (QED) is 0.556. The summed E-state index contributed by atoms with van der Waals surface area (Å²) in [7, 11) is 1.56. The van der Waals surface area contributed by atoms with Crippen LogP contribution in [0.4, 0.5) is 4.39 Å². The molecule has 2 aromatic carbocycles. The maximum absolute atomic E-state index is 13.1. The molecule has 0 heterocycles. The lowest BCUT2D eigenvalue weighted by atomic mass is 10.2. The SMILES string of the molecule is COc1cc(CBr)cc(Cl)c1OCc1ccc(F)cc1Br. The van der Waals surface area contributed by atoms with Gasteiger partial charge in [-0.1, -0.05) is 49.5 Å². The maximum Gasteiger partial charge on any atom is 0.180 e. The predicted molar refractivity (Wildman–Crippen MR) is 89.1 cm³/mol. The highest BCUT2D eigenvalue weighted by Gasteiger charge is 2.13. The molecule has 2 aromatic rings. The van der Waals surface area contributed by atoms with Gasteiger partial charge in [-0.15, -0.1) is 0 Å². The van der Waals surface area contributed by atoms with Crippen molar-refractivity contribution in [3.05, 3.63) is 56.8 Å². The highest BCUT2D eigenvalue weighted by atomic mass is 79.9. The molecular formula is C15H12Br2ClFO2. The Hall–Kier alpha value is -0.780. The smallest absolute Gasteiger partial charge is 0.180 e. The standard InChI is InChI=1S/C15H12Br2ClFO2/c1-20-14-5-9(7-16)4-13(18)15(14)21-8-10-2-3-11(19)6-12(10)17/h2-6H,7-8H2,1H3. The Labute approximate surface area is 144 Å². The summed E-state index contributed by atoms with van der Waals surface area (Å²) in [5, 5.41) is 1.15. The van der Waals surface area contributed by atoms with Crippen LogP contribution in [0.2, 0.25) is 5.02 Å². The fourth-order valence-electron chi connectivity index (χ4n) is 1.78. The Morgan fingerprint density at radius 1 is 1.24 bits per heavy atom. The number of ether oxygens (including phenoxy) is 2. The first-order valence-corrected chi connectivity index (χ1v) is 8.33. The van der Waals surface area contributed by atoms with Gasteiger partial charge in [0.1, 0.15) is 12.4 Å². The van der Waals surface area contributed by atoms with Gasteiger partial charge >= 0.3 is 0 Å². The van der Waals surface area contributed by atoms with Crippen LogP contribution in [0, 0.1) is 5.82 Å². The van der Waals surface area contributed by atoms with Crippen LogP contribution in [-0.4, -0.2) is 7.11 Å². The van der Waals surface area contributed by atoms with E-state index in [9.17, 15) is 4.39 Å². The lowest BCUT2D eigenvalue weighted by molar-refractivity contribution is 0.284.